The number of fused-ring (bicyclic) bond motifs is 3. The molecule has 0 atom stereocenters. The summed E-state index contributed by atoms with van der Waals surface area (Å²) in [4.78, 5) is 4.78. The summed E-state index contributed by atoms with van der Waals surface area (Å²) in [6, 6.07) is 6.69. The van der Waals surface area contributed by atoms with Gasteiger partial charge in [0.15, 0.2) is 0 Å². The highest BCUT2D eigenvalue weighted by atomic mass is 15.2. The standard InChI is InChI=1S/C22H24N4/c1-25-14-20(15-6-4-3-5-7-15)21-19-10-16(18-12-24-26(2)13-18)8-9-17(19)11-23-22(21)25/h8-15H,3-7H2,1-2H3. The van der Waals surface area contributed by atoms with Gasteiger partial charge < -0.3 is 4.57 Å². The van der Waals surface area contributed by atoms with Gasteiger partial charge in [0.1, 0.15) is 5.65 Å². The Labute approximate surface area is 153 Å². The first-order valence-corrected chi connectivity index (χ1v) is 9.57. The number of aromatic nitrogens is 4. The van der Waals surface area contributed by atoms with Crippen LogP contribution < -0.4 is 0 Å². The van der Waals surface area contributed by atoms with Crippen LogP contribution in [-0.4, -0.2) is 19.3 Å². The molecule has 1 aromatic carbocycles. The van der Waals surface area contributed by atoms with E-state index in [1.165, 1.54) is 59.4 Å². The summed E-state index contributed by atoms with van der Waals surface area (Å²) in [6.45, 7) is 0. The molecule has 0 radical (unpaired) electrons. The first kappa shape index (κ1) is 15.6. The van der Waals surface area contributed by atoms with E-state index in [9.17, 15) is 0 Å². The molecule has 3 heterocycles. The molecule has 3 aromatic heterocycles. The maximum atomic E-state index is 4.78. The molecule has 1 aliphatic rings. The molecule has 4 heteroatoms. The van der Waals surface area contributed by atoms with Crippen LogP contribution in [0.5, 0.6) is 0 Å². The van der Waals surface area contributed by atoms with Crippen LogP contribution in [-0.2, 0) is 14.1 Å². The fraction of sp³-hybridized carbons (Fsp3) is 0.364. The molecule has 4 nitrogen and oxygen atoms in total. The highest BCUT2D eigenvalue weighted by molar-refractivity contribution is 6.08. The van der Waals surface area contributed by atoms with Gasteiger partial charge in [-0.25, -0.2) is 4.98 Å². The Kier molecular flexibility index (Phi) is 3.59. The van der Waals surface area contributed by atoms with Crippen LogP contribution >= 0.6 is 0 Å². The summed E-state index contributed by atoms with van der Waals surface area (Å²) >= 11 is 0. The normalized spacial score (nSPS) is 15.9. The third kappa shape index (κ3) is 2.44. The van der Waals surface area contributed by atoms with Crippen molar-refractivity contribution in [3.8, 4) is 11.1 Å². The molecule has 132 valence electrons. The van der Waals surface area contributed by atoms with Gasteiger partial charge in [0.05, 0.1) is 6.20 Å². The van der Waals surface area contributed by atoms with Gasteiger partial charge in [0.25, 0.3) is 0 Å². The summed E-state index contributed by atoms with van der Waals surface area (Å²) < 4.78 is 4.06. The van der Waals surface area contributed by atoms with E-state index in [1.807, 2.05) is 24.1 Å². The van der Waals surface area contributed by atoms with E-state index < -0.39 is 0 Å². The minimum atomic E-state index is 0.668. The Morgan fingerprint density at radius 1 is 0.962 bits per heavy atom. The van der Waals surface area contributed by atoms with Crippen LogP contribution in [0.3, 0.4) is 0 Å². The molecular weight excluding hydrogens is 320 g/mol. The Balaban J connectivity index is 1.76. The second-order valence-electron chi connectivity index (χ2n) is 7.69. The molecule has 1 saturated carbocycles. The molecule has 0 saturated heterocycles. The predicted octanol–water partition coefficient (Wildman–Crippen LogP) is 5.17. The number of rotatable bonds is 2. The molecule has 0 amide bonds. The summed E-state index contributed by atoms with van der Waals surface area (Å²) in [6.07, 6.45) is 15.0. The van der Waals surface area contributed by atoms with Crippen molar-refractivity contribution in [1.29, 1.82) is 0 Å². The van der Waals surface area contributed by atoms with Crippen LogP contribution in [0.4, 0.5) is 0 Å². The summed E-state index contributed by atoms with van der Waals surface area (Å²) in [7, 11) is 4.09. The molecular formula is C22H24N4. The molecule has 1 aliphatic carbocycles. The van der Waals surface area contributed by atoms with Gasteiger partial charge >= 0.3 is 0 Å². The molecule has 4 aromatic rings. The highest BCUT2D eigenvalue weighted by Crippen LogP contribution is 2.40. The predicted molar refractivity (Wildman–Crippen MR) is 106 cm³/mol. The molecule has 0 aliphatic heterocycles. The third-order valence-corrected chi connectivity index (χ3v) is 5.91. The van der Waals surface area contributed by atoms with E-state index in [0.717, 1.165) is 11.2 Å². The molecule has 26 heavy (non-hydrogen) atoms. The topological polar surface area (TPSA) is 35.6 Å². The van der Waals surface area contributed by atoms with Crippen molar-refractivity contribution in [2.45, 2.75) is 38.0 Å². The molecule has 0 bridgehead atoms. The first-order chi connectivity index (χ1) is 12.7. The van der Waals surface area contributed by atoms with Crippen LogP contribution in [0.1, 0.15) is 43.6 Å². The largest absolute Gasteiger partial charge is 0.335 e. The Bertz CT molecular complexity index is 1100. The lowest BCUT2D eigenvalue weighted by atomic mass is 9.83. The molecule has 0 unspecified atom stereocenters. The van der Waals surface area contributed by atoms with Crippen molar-refractivity contribution in [1.82, 2.24) is 19.3 Å². The van der Waals surface area contributed by atoms with Crippen molar-refractivity contribution < 1.29 is 0 Å². The fourth-order valence-corrected chi connectivity index (χ4v) is 4.56. The SMILES string of the molecule is Cn1cc(-c2ccc3cnc4c(c(C5CCCCC5)cn4C)c3c2)cn1. The smallest absolute Gasteiger partial charge is 0.140 e. The average Bonchev–Trinajstić information content (AvgIpc) is 3.26. The van der Waals surface area contributed by atoms with Crippen LogP contribution in [0, 0.1) is 0 Å². The first-order valence-electron chi connectivity index (χ1n) is 9.57. The monoisotopic (exact) mass is 344 g/mol. The van der Waals surface area contributed by atoms with Gasteiger partial charge in [-0.2, -0.15) is 5.10 Å². The minimum absolute atomic E-state index is 0.668. The third-order valence-electron chi connectivity index (χ3n) is 5.91. The number of aryl methyl sites for hydroxylation is 2. The number of hydrogen-bond acceptors (Lipinski definition) is 2. The maximum absolute atomic E-state index is 4.78. The number of nitrogens with zero attached hydrogens (tertiary/aromatic N) is 4. The van der Waals surface area contributed by atoms with Crippen LogP contribution in [0.2, 0.25) is 0 Å². The van der Waals surface area contributed by atoms with E-state index in [1.54, 1.807) is 0 Å². The van der Waals surface area contributed by atoms with E-state index in [4.69, 9.17) is 4.98 Å². The number of benzene rings is 1. The Morgan fingerprint density at radius 2 is 1.81 bits per heavy atom. The van der Waals surface area contributed by atoms with Crippen molar-refractivity contribution in [3.63, 3.8) is 0 Å². The second kappa shape index (κ2) is 5.97. The van der Waals surface area contributed by atoms with Crippen molar-refractivity contribution in [2.24, 2.45) is 14.1 Å². The van der Waals surface area contributed by atoms with E-state index >= 15 is 0 Å². The molecule has 0 N–H and O–H groups in total. The highest BCUT2D eigenvalue weighted by Gasteiger charge is 2.22. The molecule has 1 fully saturated rings. The number of hydrogen-bond donors (Lipinski definition) is 0. The van der Waals surface area contributed by atoms with Gasteiger partial charge in [0, 0.05) is 49.0 Å². The van der Waals surface area contributed by atoms with Gasteiger partial charge in [-0.3, -0.25) is 4.68 Å². The van der Waals surface area contributed by atoms with Gasteiger partial charge in [-0.1, -0.05) is 31.4 Å². The van der Waals surface area contributed by atoms with Crippen molar-refractivity contribution >= 4 is 21.8 Å². The second-order valence-corrected chi connectivity index (χ2v) is 7.69. The van der Waals surface area contributed by atoms with Gasteiger partial charge in [-0.15, -0.1) is 0 Å². The van der Waals surface area contributed by atoms with Crippen LogP contribution in [0.15, 0.2) is 43.0 Å². The molecule has 5 rings (SSSR count). The minimum Gasteiger partial charge on any atom is -0.335 e. The lowest BCUT2D eigenvalue weighted by molar-refractivity contribution is 0.445. The van der Waals surface area contributed by atoms with E-state index in [0.29, 0.717) is 5.92 Å². The van der Waals surface area contributed by atoms with Gasteiger partial charge in [0.2, 0.25) is 0 Å². The zero-order valence-electron chi connectivity index (χ0n) is 15.4. The lowest BCUT2D eigenvalue weighted by Crippen LogP contribution is -2.04. The summed E-state index contributed by atoms with van der Waals surface area (Å²) in [5.41, 5.74) is 4.97. The zero-order valence-corrected chi connectivity index (χ0v) is 15.4. The van der Waals surface area contributed by atoms with Crippen LogP contribution in [0.25, 0.3) is 32.9 Å². The summed E-state index contributed by atoms with van der Waals surface area (Å²) in [5, 5.41) is 8.21. The summed E-state index contributed by atoms with van der Waals surface area (Å²) in [5.74, 6) is 0.668. The quantitative estimate of drug-likeness (QED) is 0.502. The zero-order chi connectivity index (χ0) is 17.7. The Hall–Kier alpha value is -2.62. The van der Waals surface area contributed by atoms with E-state index in [2.05, 4.69) is 47.3 Å². The van der Waals surface area contributed by atoms with Gasteiger partial charge in [-0.05, 0) is 41.3 Å². The molecule has 0 spiro atoms. The average molecular weight is 344 g/mol. The number of pyridine rings is 1. The van der Waals surface area contributed by atoms with E-state index in [-0.39, 0.29) is 0 Å². The Morgan fingerprint density at radius 3 is 2.58 bits per heavy atom. The fourth-order valence-electron chi connectivity index (χ4n) is 4.56. The lowest BCUT2D eigenvalue weighted by Gasteiger charge is -2.21. The van der Waals surface area contributed by atoms with Crippen molar-refractivity contribution in [3.05, 3.63) is 48.5 Å². The maximum Gasteiger partial charge on any atom is 0.140 e. The van der Waals surface area contributed by atoms with Crippen molar-refractivity contribution in [2.75, 3.05) is 0 Å².